The van der Waals surface area contributed by atoms with Crippen LogP contribution in [0.3, 0.4) is 0 Å². The predicted octanol–water partition coefficient (Wildman–Crippen LogP) is 9.76. The second-order valence-corrected chi connectivity index (χ2v) is 20.3. The summed E-state index contributed by atoms with van der Waals surface area (Å²) in [7, 11) is 0. The van der Waals surface area contributed by atoms with Gasteiger partial charge in [-0.15, -0.1) is 6.42 Å². The normalized spacial score (nSPS) is 10.8. The van der Waals surface area contributed by atoms with Gasteiger partial charge in [-0.1, -0.05) is 72.3 Å². The van der Waals surface area contributed by atoms with Crippen molar-refractivity contribution in [3.8, 4) is 18.1 Å². The van der Waals surface area contributed by atoms with Crippen molar-refractivity contribution in [2.75, 3.05) is 19.6 Å². The molecule has 32 nitrogen and oxygen atoms in total. The summed E-state index contributed by atoms with van der Waals surface area (Å²) in [5.74, 6) is -19.8. The van der Waals surface area contributed by atoms with Crippen LogP contribution in [0, 0.1) is 47.2 Å². The van der Waals surface area contributed by atoms with Crippen LogP contribution in [0.5, 0.6) is 5.75 Å². The number of hydrazine groups is 1. The maximum Gasteiger partial charge on any atom is 0.349 e. The number of carboxylic acid groups (broad SMARTS) is 8. The summed E-state index contributed by atoms with van der Waals surface area (Å²) in [5, 5.41) is 84.7. The highest BCUT2D eigenvalue weighted by molar-refractivity contribution is 6.10. The number of hydrogen-bond donors (Lipinski definition) is 13. The lowest BCUT2D eigenvalue weighted by Crippen LogP contribution is -2.29. The highest BCUT2D eigenvalue weighted by atomic mass is 19.2. The number of phenols is 1. The van der Waals surface area contributed by atoms with Gasteiger partial charge in [0.2, 0.25) is 5.82 Å². The van der Waals surface area contributed by atoms with E-state index >= 15 is 0 Å². The molecule has 6 rings (SSSR count). The maximum atomic E-state index is 13.7. The zero-order valence-corrected chi connectivity index (χ0v) is 53.1. The number of benzene rings is 4. The molecule has 1 saturated heterocycles. The first-order valence-electron chi connectivity index (χ1n) is 29.1. The first-order valence-corrected chi connectivity index (χ1v) is 29.1. The fourth-order valence-corrected chi connectivity index (χ4v) is 7.25. The number of unbranched alkanes of at least 4 members (excludes halogenated alkanes) is 4. The number of phenolic OH excluding ortho intramolecular Hbond substituents is 1. The van der Waals surface area contributed by atoms with Crippen molar-refractivity contribution >= 4 is 82.0 Å². The number of fused-ring (bicyclic) bond motifs is 1. The van der Waals surface area contributed by atoms with Crippen LogP contribution in [0.2, 0.25) is 0 Å². The number of halogens is 6. The average molecular weight is 1420 g/mol. The van der Waals surface area contributed by atoms with Gasteiger partial charge in [-0.25, -0.2) is 42.4 Å². The number of aryl methyl sites for hydroxylation is 1. The summed E-state index contributed by atoms with van der Waals surface area (Å²) in [6, 6.07) is 14.5. The molecular formula is C62H68F6N10O22. The zero-order valence-electron chi connectivity index (χ0n) is 53.1. The van der Waals surface area contributed by atoms with Gasteiger partial charge in [0.25, 0.3) is 11.8 Å². The van der Waals surface area contributed by atoms with Gasteiger partial charge in [0.1, 0.15) is 29.8 Å². The number of terminal acetylenes is 1. The van der Waals surface area contributed by atoms with E-state index in [0.717, 1.165) is 43.4 Å². The summed E-state index contributed by atoms with van der Waals surface area (Å²) in [6.45, 7) is 3.21. The Morgan fingerprint density at radius 1 is 0.600 bits per heavy atom. The topological polar surface area (TPSA) is 566 Å². The summed E-state index contributed by atoms with van der Waals surface area (Å²) in [4.78, 5) is 132. The number of rotatable bonds is 30. The minimum Gasteiger partial charge on any atom is -0.503 e. The number of carbonyl (C=O) groups excluding carboxylic acids is 3. The van der Waals surface area contributed by atoms with E-state index in [-0.39, 0.29) is 80.4 Å². The molecule has 1 aliphatic rings. The first kappa shape index (κ1) is 87.9. The highest BCUT2D eigenvalue weighted by Crippen LogP contribution is 2.31. The van der Waals surface area contributed by atoms with E-state index in [9.17, 15) is 83.9 Å². The third kappa shape index (κ3) is 35.6. The number of aliphatic carboxylic acids is 7. The van der Waals surface area contributed by atoms with Gasteiger partial charge in [0, 0.05) is 71.5 Å². The molecule has 13 N–H and O–H groups in total. The van der Waals surface area contributed by atoms with Crippen LogP contribution in [-0.4, -0.2) is 137 Å². The molecule has 1 fully saturated rings. The Hall–Kier alpha value is -12.1. The number of ketones is 1. The number of aromatic hydroxyl groups is 1. The minimum atomic E-state index is -1.99. The number of nitrogens with one attached hydrogen (secondary N) is 4. The Labute approximate surface area is 561 Å². The van der Waals surface area contributed by atoms with Gasteiger partial charge in [0.05, 0.1) is 11.2 Å². The van der Waals surface area contributed by atoms with Crippen LogP contribution < -0.4 is 27.1 Å². The van der Waals surface area contributed by atoms with Crippen molar-refractivity contribution < 1.29 is 129 Å². The van der Waals surface area contributed by atoms with Gasteiger partial charge in [-0.3, -0.25) is 47.9 Å². The van der Waals surface area contributed by atoms with Gasteiger partial charge >= 0.3 is 53.4 Å². The molecule has 0 radical (unpaired) electrons. The Morgan fingerprint density at radius 3 is 1.53 bits per heavy atom. The molecule has 0 aliphatic carbocycles. The molecule has 540 valence electrons. The van der Waals surface area contributed by atoms with Crippen molar-refractivity contribution in [1.29, 1.82) is 0 Å². The molecule has 0 spiro atoms. The number of carboxylic acids is 8. The van der Waals surface area contributed by atoms with Gasteiger partial charge in [-0.05, 0) is 99.2 Å². The van der Waals surface area contributed by atoms with E-state index < -0.39 is 135 Å². The SMILES string of the molecule is C#CCC(=O)O.CC1(CCCCCC(=O)O)NN1.CCC(=O)O.O=C(O)CCCCNC(=O)c1cc2cc(F)c(O)c(F)c2oc1=O.O=C(O)CCCc1ccc(C(=O)c2cccc(C(=O)O)c2)cc1.[N-]=[N+]=NCC(=O)O.[N-]=[N+]=Nc1c(F)c(F)c(C(=O)NCCCCC(=O)O)c(F)c1F. The first-order chi connectivity index (χ1) is 47.0. The highest BCUT2D eigenvalue weighted by Gasteiger charge is 2.34. The minimum absolute atomic E-state index is 0.0456. The fourth-order valence-electron chi connectivity index (χ4n) is 7.25. The average Bonchev–Trinajstić information content (AvgIpc) is 0.990. The Kier molecular flexibility index (Phi) is 41.3. The van der Waals surface area contributed by atoms with Gasteiger partial charge in [-0.2, -0.15) is 4.39 Å². The molecule has 0 unspecified atom stereocenters. The molecule has 0 bridgehead atoms. The van der Waals surface area contributed by atoms with E-state index in [4.69, 9.17) is 57.0 Å². The van der Waals surface area contributed by atoms with E-state index in [2.05, 4.69) is 49.1 Å². The summed E-state index contributed by atoms with van der Waals surface area (Å²) in [6.07, 6.45) is 11.1. The van der Waals surface area contributed by atoms with Gasteiger partial charge in [0.15, 0.2) is 46.2 Å². The van der Waals surface area contributed by atoms with Crippen molar-refractivity contribution in [2.24, 2.45) is 10.2 Å². The Bertz CT molecular complexity index is 3880. The van der Waals surface area contributed by atoms with Crippen LogP contribution in [0.15, 0.2) is 80.1 Å². The molecule has 0 saturated carbocycles. The lowest BCUT2D eigenvalue weighted by molar-refractivity contribution is -0.138. The maximum absolute atomic E-state index is 13.7. The summed E-state index contributed by atoms with van der Waals surface area (Å²) < 4.78 is 85.9. The standard InChI is InChI=1S/C18H16O5.C15H13F2NO6.C12H10F4N4O3.C8H16N2O2.C4H4O2.C3H6O2.C2H3N3O2/c19-16(20)6-1-3-12-7-9-13(10-8-12)17(21)14-4-2-5-15(11-14)18(22)23;16-9-6-7-5-8(14(22)18-4-2-1-3-10(19)20)15(23)24-13(7)11(17)12(9)21;13-7-6(12(23)18-4-2-1-3-5(21)22)8(14)10(16)11(9(7)15)19-20-17;1-8(9-10-8)6-4-2-3-5-7(11)12;1-2-3-4(5)6;1-2-3(4)5;3-5-4-1-2(6)7/h2,4-5,7-11H,1,3,6H2,(H,19,20)(H,22,23);5-6,21H,1-4H2,(H,18,22)(H,19,20);1-4H2,(H,18,23)(H,21,22);9-10H,2-6H2,1H3,(H,11,12);1H,3H2,(H,5,6);2H2,1H3,(H,4,5);1H2,(H,6,7). The number of nitrogens with zero attached hydrogens (tertiary/aromatic N) is 6. The molecule has 5 aromatic rings. The largest absolute Gasteiger partial charge is 0.503 e. The fraction of sp³-hybridized carbons (Fsp3) is 0.355. The molecule has 2 heterocycles. The van der Waals surface area contributed by atoms with Crippen LogP contribution in [0.4, 0.5) is 32.0 Å². The number of aromatic carboxylic acids is 1. The quantitative estimate of drug-likeness (QED) is 0.00194. The third-order valence-electron chi connectivity index (χ3n) is 12.3. The molecule has 38 heteroatoms. The lowest BCUT2D eigenvalue weighted by atomic mass is 9.99. The molecule has 4 aromatic carbocycles. The number of amides is 2. The smallest absolute Gasteiger partial charge is 0.349 e. The second kappa shape index (κ2) is 47.0. The zero-order chi connectivity index (χ0) is 76.2. The second-order valence-electron chi connectivity index (χ2n) is 20.3. The molecule has 0 atom stereocenters. The van der Waals surface area contributed by atoms with Crippen LogP contribution in [-0.2, 0) is 40.0 Å². The molecule has 1 aromatic heterocycles. The number of carbonyl (C=O) groups is 11. The summed E-state index contributed by atoms with van der Waals surface area (Å²) in [5.41, 5.74) is 18.4. The predicted molar refractivity (Wildman–Crippen MR) is 337 cm³/mol. The van der Waals surface area contributed by atoms with Crippen LogP contribution in [0.25, 0.3) is 31.9 Å². The van der Waals surface area contributed by atoms with Crippen molar-refractivity contribution in [3.05, 3.63) is 160 Å². The Morgan fingerprint density at radius 2 is 1.10 bits per heavy atom. The number of hydrogen-bond acceptors (Lipinski definition) is 18. The van der Waals surface area contributed by atoms with E-state index in [1.165, 1.54) is 18.2 Å². The van der Waals surface area contributed by atoms with E-state index in [0.29, 0.717) is 43.2 Å². The lowest BCUT2D eigenvalue weighted by Gasteiger charge is -2.10. The summed E-state index contributed by atoms with van der Waals surface area (Å²) >= 11 is 0. The monoisotopic (exact) mass is 1420 g/mol. The third-order valence-corrected chi connectivity index (χ3v) is 12.3. The van der Waals surface area contributed by atoms with Crippen molar-refractivity contribution in [3.63, 3.8) is 0 Å². The molecule has 1 aliphatic heterocycles. The molecular weight excluding hydrogens is 1350 g/mol. The molecule has 100 heavy (non-hydrogen) atoms. The number of azide groups is 2. The van der Waals surface area contributed by atoms with Crippen LogP contribution in [0.1, 0.15) is 163 Å². The Balaban J connectivity index is 0.00000122. The van der Waals surface area contributed by atoms with Crippen molar-refractivity contribution in [2.45, 2.75) is 122 Å². The van der Waals surface area contributed by atoms with Gasteiger partial charge < -0.3 is 61.0 Å². The molecule has 2 amide bonds. The van der Waals surface area contributed by atoms with E-state index in [1.54, 1.807) is 37.3 Å². The van der Waals surface area contributed by atoms with Crippen molar-refractivity contribution in [1.82, 2.24) is 21.5 Å². The van der Waals surface area contributed by atoms with E-state index in [1.807, 2.05) is 16.1 Å². The van der Waals surface area contributed by atoms with Crippen LogP contribution >= 0.6 is 0 Å².